The number of piperidine rings is 1. The fourth-order valence-electron chi connectivity index (χ4n) is 4.43. The van der Waals surface area contributed by atoms with Crippen LogP contribution in [0.3, 0.4) is 0 Å². The predicted molar refractivity (Wildman–Crippen MR) is 103 cm³/mol. The number of carbonyl (C=O) groups is 1. The topological polar surface area (TPSA) is 49.6 Å². The van der Waals surface area contributed by atoms with Gasteiger partial charge in [0.25, 0.3) is 6.01 Å². The second-order valence-corrected chi connectivity index (χ2v) is 7.82. The molecule has 140 valence electrons. The molecule has 4 rings (SSSR count). The number of anilines is 1. The minimum Gasteiger partial charge on any atom is -0.423 e. The second kappa shape index (κ2) is 7.68. The lowest BCUT2D eigenvalue weighted by Gasteiger charge is -2.35. The molecule has 1 saturated carbocycles. The van der Waals surface area contributed by atoms with Gasteiger partial charge < -0.3 is 14.2 Å². The molecule has 0 spiro atoms. The first-order valence-electron chi connectivity index (χ1n) is 10.1. The monoisotopic (exact) mass is 355 g/mol. The zero-order chi connectivity index (χ0) is 17.9. The van der Waals surface area contributed by atoms with E-state index in [2.05, 4.69) is 14.8 Å². The molecule has 26 heavy (non-hydrogen) atoms. The van der Waals surface area contributed by atoms with E-state index in [9.17, 15) is 4.79 Å². The highest BCUT2D eigenvalue weighted by Gasteiger charge is 2.31. The zero-order valence-corrected chi connectivity index (χ0v) is 15.7. The maximum atomic E-state index is 13.0. The highest BCUT2D eigenvalue weighted by atomic mass is 16.4. The average Bonchev–Trinajstić information content (AvgIpc) is 2.93. The molecule has 1 aliphatic carbocycles. The molecule has 2 fully saturated rings. The van der Waals surface area contributed by atoms with Gasteiger partial charge in [0.05, 0.1) is 0 Å². The Morgan fingerprint density at radius 2 is 1.77 bits per heavy atom. The van der Waals surface area contributed by atoms with Crippen molar-refractivity contribution in [3.05, 3.63) is 24.3 Å². The van der Waals surface area contributed by atoms with Crippen molar-refractivity contribution in [3.63, 3.8) is 0 Å². The Hall–Kier alpha value is -2.04. The van der Waals surface area contributed by atoms with Crippen LogP contribution >= 0.6 is 0 Å². The molecule has 2 aliphatic rings. The fraction of sp³-hybridized carbons (Fsp3) is 0.619. The number of aromatic nitrogens is 1. The van der Waals surface area contributed by atoms with Crippen LogP contribution in [0.5, 0.6) is 0 Å². The number of hydrogen-bond acceptors (Lipinski definition) is 4. The molecule has 1 aliphatic heterocycles. The summed E-state index contributed by atoms with van der Waals surface area (Å²) in [5.41, 5.74) is 1.72. The van der Waals surface area contributed by atoms with E-state index in [4.69, 9.17) is 4.42 Å². The Balaban J connectivity index is 1.35. The molecular formula is C21H29N3O2. The maximum Gasteiger partial charge on any atom is 0.298 e. The van der Waals surface area contributed by atoms with Gasteiger partial charge in [-0.05, 0) is 37.8 Å². The number of benzene rings is 1. The fourth-order valence-corrected chi connectivity index (χ4v) is 4.43. The minimum atomic E-state index is 0.142. The summed E-state index contributed by atoms with van der Waals surface area (Å²) in [6, 6.07) is 8.99. The van der Waals surface area contributed by atoms with Crippen molar-refractivity contribution in [1.82, 2.24) is 9.88 Å². The summed E-state index contributed by atoms with van der Waals surface area (Å²) in [6.07, 6.45) is 9.27. The molecule has 0 unspecified atom stereocenters. The summed E-state index contributed by atoms with van der Waals surface area (Å²) >= 11 is 0. The van der Waals surface area contributed by atoms with Crippen LogP contribution in [0.4, 0.5) is 6.01 Å². The van der Waals surface area contributed by atoms with Gasteiger partial charge in [-0.2, -0.15) is 4.98 Å². The van der Waals surface area contributed by atoms with Crippen molar-refractivity contribution in [1.29, 1.82) is 0 Å². The first-order valence-corrected chi connectivity index (χ1v) is 10.1. The Kier molecular flexibility index (Phi) is 5.14. The van der Waals surface area contributed by atoms with Crippen LogP contribution in [0.2, 0.25) is 0 Å². The maximum absolute atomic E-state index is 13.0. The van der Waals surface area contributed by atoms with Gasteiger partial charge in [0.2, 0.25) is 5.91 Å². The SMILES string of the molecule is CN(C(=O)C1CCN(c2nc3ccccc3o2)CC1)C1CCCCCC1. The van der Waals surface area contributed by atoms with E-state index < -0.39 is 0 Å². The van der Waals surface area contributed by atoms with Gasteiger partial charge in [-0.3, -0.25) is 4.79 Å². The third kappa shape index (κ3) is 3.57. The van der Waals surface area contributed by atoms with E-state index in [0.717, 1.165) is 37.0 Å². The Labute approximate surface area is 155 Å². The Morgan fingerprint density at radius 3 is 2.46 bits per heavy atom. The van der Waals surface area contributed by atoms with Crippen molar-refractivity contribution >= 4 is 23.0 Å². The second-order valence-electron chi connectivity index (χ2n) is 7.82. The summed E-state index contributed by atoms with van der Waals surface area (Å²) in [5.74, 6) is 0.484. The van der Waals surface area contributed by atoms with Gasteiger partial charge in [-0.15, -0.1) is 0 Å². The van der Waals surface area contributed by atoms with E-state index in [1.165, 1.54) is 38.5 Å². The number of amides is 1. The van der Waals surface area contributed by atoms with E-state index >= 15 is 0 Å². The van der Waals surface area contributed by atoms with Gasteiger partial charge in [-0.1, -0.05) is 37.8 Å². The first-order chi connectivity index (χ1) is 12.7. The zero-order valence-electron chi connectivity index (χ0n) is 15.7. The number of nitrogens with zero attached hydrogens (tertiary/aromatic N) is 3. The van der Waals surface area contributed by atoms with Crippen LogP contribution in [0, 0.1) is 5.92 Å². The third-order valence-electron chi connectivity index (χ3n) is 6.12. The molecular weight excluding hydrogens is 326 g/mol. The third-order valence-corrected chi connectivity index (χ3v) is 6.12. The molecule has 1 amide bonds. The lowest BCUT2D eigenvalue weighted by molar-refractivity contribution is -0.137. The molecule has 1 aromatic carbocycles. The number of hydrogen-bond donors (Lipinski definition) is 0. The number of oxazole rings is 1. The normalized spacial score (nSPS) is 20.3. The number of para-hydroxylation sites is 2. The van der Waals surface area contributed by atoms with Crippen molar-refractivity contribution < 1.29 is 9.21 Å². The summed E-state index contributed by atoms with van der Waals surface area (Å²) in [6.45, 7) is 1.67. The van der Waals surface area contributed by atoms with Gasteiger partial charge in [0.1, 0.15) is 5.52 Å². The largest absolute Gasteiger partial charge is 0.423 e. The molecule has 1 aromatic heterocycles. The van der Waals surface area contributed by atoms with Gasteiger partial charge in [-0.25, -0.2) is 0 Å². The Bertz CT molecular complexity index is 708. The summed E-state index contributed by atoms with van der Waals surface area (Å²) in [5, 5.41) is 0. The van der Waals surface area contributed by atoms with Crippen LogP contribution in [0.15, 0.2) is 28.7 Å². The molecule has 0 atom stereocenters. The average molecular weight is 355 g/mol. The molecule has 2 aromatic rings. The van der Waals surface area contributed by atoms with Crippen molar-refractivity contribution in [2.24, 2.45) is 5.92 Å². The molecule has 2 heterocycles. The van der Waals surface area contributed by atoms with E-state index in [1.54, 1.807) is 0 Å². The lowest BCUT2D eigenvalue weighted by Crippen LogP contribution is -2.44. The van der Waals surface area contributed by atoms with Crippen LogP contribution in [-0.4, -0.2) is 42.0 Å². The molecule has 0 radical (unpaired) electrons. The quantitative estimate of drug-likeness (QED) is 0.773. The van der Waals surface area contributed by atoms with Crippen LogP contribution in [0.25, 0.3) is 11.1 Å². The molecule has 1 saturated heterocycles. The Morgan fingerprint density at radius 1 is 1.08 bits per heavy atom. The van der Waals surface area contributed by atoms with Crippen LogP contribution < -0.4 is 4.90 Å². The number of rotatable bonds is 3. The van der Waals surface area contributed by atoms with Crippen molar-refractivity contribution in [2.75, 3.05) is 25.0 Å². The summed E-state index contributed by atoms with van der Waals surface area (Å²) in [4.78, 5) is 21.8. The molecule has 0 bridgehead atoms. The van der Waals surface area contributed by atoms with E-state index in [1.807, 2.05) is 31.3 Å². The van der Waals surface area contributed by atoms with Crippen molar-refractivity contribution in [2.45, 2.75) is 57.4 Å². The standard InChI is InChI=1S/C21H29N3O2/c1-23(17-8-4-2-3-5-9-17)20(25)16-12-14-24(15-13-16)21-22-18-10-6-7-11-19(18)26-21/h6-7,10-11,16-17H,2-5,8-9,12-15H2,1H3. The number of carbonyl (C=O) groups excluding carboxylic acids is 1. The van der Waals surface area contributed by atoms with Gasteiger partial charge in [0.15, 0.2) is 5.58 Å². The summed E-state index contributed by atoms with van der Waals surface area (Å²) in [7, 11) is 2.02. The van der Waals surface area contributed by atoms with Gasteiger partial charge in [0, 0.05) is 32.1 Å². The van der Waals surface area contributed by atoms with E-state index in [0.29, 0.717) is 18.0 Å². The predicted octanol–water partition coefficient (Wildman–Crippen LogP) is 4.23. The molecule has 5 nitrogen and oxygen atoms in total. The van der Waals surface area contributed by atoms with Gasteiger partial charge >= 0.3 is 0 Å². The van der Waals surface area contributed by atoms with Crippen molar-refractivity contribution in [3.8, 4) is 0 Å². The first kappa shape index (κ1) is 17.4. The van der Waals surface area contributed by atoms with Crippen LogP contribution in [-0.2, 0) is 4.79 Å². The van der Waals surface area contributed by atoms with E-state index in [-0.39, 0.29) is 5.92 Å². The summed E-state index contributed by atoms with van der Waals surface area (Å²) < 4.78 is 5.88. The smallest absolute Gasteiger partial charge is 0.298 e. The highest BCUT2D eigenvalue weighted by molar-refractivity contribution is 5.79. The minimum absolute atomic E-state index is 0.142. The lowest BCUT2D eigenvalue weighted by atomic mass is 9.94. The van der Waals surface area contributed by atoms with Crippen LogP contribution in [0.1, 0.15) is 51.4 Å². The molecule has 5 heteroatoms. The molecule has 0 N–H and O–H groups in total. The number of fused-ring (bicyclic) bond motifs is 1. The highest BCUT2D eigenvalue weighted by Crippen LogP contribution is 2.28.